The smallest absolute Gasteiger partial charge is 0.258 e. The lowest BCUT2D eigenvalue weighted by molar-refractivity contribution is -0.123. The predicted molar refractivity (Wildman–Crippen MR) is 102 cm³/mol. The third kappa shape index (κ3) is 5.53. The average molecular weight is 366 g/mol. The Bertz CT molecular complexity index is 874. The van der Waals surface area contributed by atoms with Crippen LogP contribution in [0.1, 0.15) is 11.3 Å². The second kappa shape index (κ2) is 8.79. The number of nitrogens with one attached hydrogen (secondary N) is 2. The normalized spacial score (nSPS) is 10.4. The zero-order valence-corrected chi connectivity index (χ0v) is 15.3. The number of hydrogen-bond acceptors (Lipinski definition) is 6. The highest BCUT2D eigenvalue weighted by Crippen LogP contribution is 2.11. The molecule has 3 aromatic rings. The molecule has 2 heterocycles. The molecule has 0 unspecified atom stereocenters. The number of benzene rings is 1. The molecule has 0 bridgehead atoms. The fraction of sp³-hybridized carbons (Fsp3) is 0.263. The Morgan fingerprint density at radius 3 is 2.52 bits per heavy atom. The van der Waals surface area contributed by atoms with Crippen molar-refractivity contribution >= 4 is 11.7 Å². The van der Waals surface area contributed by atoms with Crippen LogP contribution >= 0.6 is 0 Å². The number of aromatic nitrogens is 4. The molecule has 0 saturated heterocycles. The Balaban J connectivity index is 1.35. The van der Waals surface area contributed by atoms with Crippen LogP contribution < -0.4 is 15.4 Å². The zero-order valence-electron chi connectivity index (χ0n) is 15.3. The van der Waals surface area contributed by atoms with Gasteiger partial charge in [-0.2, -0.15) is 5.10 Å². The molecule has 0 saturated carbocycles. The molecule has 0 radical (unpaired) electrons. The van der Waals surface area contributed by atoms with Crippen LogP contribution in [0.5, 0.6) is 5.75 Å². The summed E-state index contributed by atoms with van der Waals surface area (Å²) in [6.45, 7) is 4.89. The maximum atomic E-state index is 11.8. The molecule has 2 aromatic heterocycles. The van der Waals surface area contributed by atoms with Crippen molar-refractivity contribution in [2.24, 2.45) is 0 Å². The van der Waals surface area contributed by atoms with E-state index < -0.39 is 0 Å². The van der Waals surface area contributed by atoms with Crippen LogP contribution in [-0.2, 0) is 4.79 Å². The molecule has 1 aromatic carbocycles. The van der Waals surface area contributed by atoms with Gasteiger partial charge in [0.15, 0.2) is 12.4 Å². The van der Waals surface area contributed by atoms with Crippen molar-refractivity contribution in [2.45, 2.75) is 13.8 Å². The number of anilines is 1. The maximum absolute atomic E-state index is 11.8. The lowest BCUT2D eigenvalue weighted by Crippen LogP contribution is -2.32. The predicted octanol–water partition coefficient (Wildman–Crippen LogP) is 1.89. The van der Waals surface area contributed by atoms with E-state index in [0.717, 1.165) is 11.3 Å². The summed E-state index contributed by atoms with van der Waals surface area (Å²) in [7, 11) is 0. The first-order chi connectivity index (χ1) is 13.1. The topological polar surface area (TPSA) is 94.0 Å². The van der Waals surface area contributed by atoms with Gasteiger partial charge in [0.2, 0.25) is 0 Å². The second-order valence-electron chi connectivity index (χ2n) is 6.06. The number of nitrogens with zero attached hydrogens (tertiary/aromatic N) is 4. The highest BCUT2D eigenvalue weighted by Gasteiger charge is 2.04. The second-order valence-corrected chi connectivity index (χ2v) is 6.06. The largest absolute Gasteiger partial charge is 0.484 e. The van der Waals surface area contributed by atoms with Gasteiger partial charge in [-0.05, 0) is 44.2 Å². The molecule has 8 heteroatoms. The van der Waals surface area contributed by atoms with Gasteiger partial charge in [-0.25, -0.2) is 4.68 Å². The van der Waals surface area contributed by atoms with Gasteiger partial charge in [0.05, 0.1) is 5.69 Å². The standard InChI is InChI=1S/C19H22N6O2/c1-14-3-5-16(6-4-14)27-13-19(26)21-11-10-20-17-7-8-18(23-22-17)25-12-9-15(2)24-25/h3-9,12H,10-11,13H2,1-2H3,(H,20,22)(H,21,26). The zero-order chi connectivity index (χ0) is 19.1. The first kappa shape index (κ1) is 18.4. The van der Waals surface area contributed by atoms with Gasteiger partial charge in [-0.1, -0.05) is 17.7 Å². The molecule has 0 aliphatic carbocycles. The van der Waals surface area contributed by atoms with Crippen LogP contribution in [0.15, 0.2) is 48.7 Å². The van der Waals surface area contributed by atoms with Gasteiger partial charge in [0.1, 0.15) is 11.6 Å². The van der Waals surface area contributed by atoms with Crippen molar-refractivity contribution < 1.29 is 9.53 Å². The number of ether oxygens (including phenoxy) is 1. The lowest BCUT2D eigenvalue weighted by Gasteiger charge is -2.09. The van der Waals surface area contributed by atoms with E-state index in [9.17, 15) is 4.79 Å². The van der Waals surface area contributed by atoms with Gasteiger partial charge in [-0.3, -0.25) is 4.79 Å². The van der Waals surface area contributed by atoms with Crippen LogP contribution in [0.3, 0.4) is 0 Å². The van der Waals surface area contributed by atoms with Crippen LogP contribution in [0, 0.1) is 13.8 Å². The van der Waals surface area contributed by atoms with Gasteiger partial charge in [0, 0.05) is 19.3 Å². The van der Waals surface area contributed by atoms with E-state index in [2.05, 4.69) is 25.9 Å². The van der Waals surface area contributed by atoms with Crippen LogP contribution in [0.2, 0.25) is 0 Å². The summed E-state index contributed by atoms with van der Waals surface area (Å²) in [6.07, 6.45) is 1.83. The molecule has 0 atom stereocenters. The number of amides is 1. The van der Waals surface area contributed by atoms with Crippen LogP contribution in [0.25, 0.3) is 5.82 Å². The van der Waals surface area contributed by atoms with E-state index in [4.69, 9.17) is 4.74 Å². The van der Waals surface area contributed by atoms with E-state index in [-0.39, 0.29) is 12.5 Å². The van der Waals surface area contributed by atoms with Gasteiger partial charge >= 0.3 is 0 Å². The summed E-state index contributed by atoms with van der Waals surface area (Å²) < 4.78 is 7.10. The third-order valence-electron chi connectivity index (χ3n) is 3.75. The number of rotatable bonds is 8. The van der Waals surface area contributed by atoms with Gasteiger partial charge in [0.25, 0.3) is 5.91 Å². The highest BCUT2D eigenvalue weighted by atomic mass is 16.5. The van der Waals surface area contributed by atoms with E-state index in [0.29, 0.717) is 30.5 Å². The molecular weight excluding hydrogens is 344 g/mol. The number of hydrogen-bond donors (Lipinski definition) is 2. The van der Waals surface area contributed by atoms with Crippen molar-refractivity contribution in [2.75, 3.05) is 25.0 Å². The van der Waals surface area contributed by atoms with Gasteiger partial charge < -0.3 is 15.4 Å². The summed E-state index contributed by atoms with van der Waals surface area (Å²) in [4.78, 5) is 11.8. The Kier molecular flexibility index (Phi) is 5.98. The monoisotopic (exact) mass is 366 g/mol. The molecular formula is C19H22N6O2. The van der Waals surface area contributed by atoms with Gasteiger partial charge in [-0.15, -0.1) is 10.2 Å². The highest BCUT2D eigenvalue weighted by molar-refractivity contribution is 5.77. The quantitative estimate of drug-likeness (QED) is 0.591. The SMILES string of the molecule is Cc1ccc(OCC(=O)NCCNc2ccc(-n3ccc(C)n3)nn2)cc1. The molecule has 140 valence electrons. The fourth-order valence-electron chi connectivity index (χ4n) is 2.31. The van der Waals surface area contributed by atoms with Crippen LogP contribution in [0.4, 0.5) is 5.82 Å². The molecule has 3 rings (SSSR count). The molecule has 0 aliphatic rings. The van der Waals surface area contributed by atoms with Crippen molar-refractivity contribution in [3.63, 3.8) is 0 Å². The minimum Gasteiger partial charge on any atom is -0.484 e. The van der Waals surface area contributed by atoms with Crippen molar-refractivity contribution in [3.8, 4) is 11.6 Å². The van der Waals surface area contributed by atoms with E-state index in [1.165, 1.54) is 0 Å². The minimum atomic E-state index is -0.173. The summed E-state index contributed by atoms with van der Waals surface area (Å²) >= 11 is 0. The molecule has 0 aliphatic heterocycles. The molecule has 0 spiro atoms. The molecule has 2 N–H and O–H groups in total. The number of carbonyl (C=O) groups excluding carboxylic acids is 1. The first-order valence-electron chi connectivity index (χ1n) is 8.66. The van der Waals surface area contributed by atoms with Crippen molar-refractivity contribution in [1.29, 1.82) is 0 Å². The molecule has 1 amide bonds. The van der Waals surface area contributed by atoms with E-state index >= 15 is 0 Å². The Hall–Kier alpha value is -3.42. The molecule has 0 fully saturated rings. The Labute approximate surface area is 157 Å². The molecule has 27 heavy (non-hydrogen) atoms. The molecule has 8 nitrogen and oxygen atoms in total. The summed E-state index contributed by atoms with van der Waals surface area (Å²) in [5, 5.41) is 18.4. The first-order valence-corrected chi connectivity index (χ1v) is 8.66. The maximum Gasteiger partial charge on any atom is 0.258 e. The van der Waals surface area contributed by atoms with E-state index in [1.54, 1.807) is 4.68 Å². The third-order valence-corrected chi connectivity index (χ3v) is 3.75. The average Bonchev–Trinajstić information content (AvgIpc) is 3.12. The Morgan fingerprint density at radius 2 is 1.85 bits per heavy atom. The number of aryl methyl sites for hydroxylation is 2. The number of carbonyl (C=O) groups is 1. The lowest BCUT2D eigenvalue weighted by atomic mass is 10.2. The summed E-state index contributed by atoms with van der Waals surface area (Å²) in [5.41, 5.74) is 2.06. The minimum absolute atomic E-state index is 0.0130. The fourth-order valence-corrected chi connectivity index (χ4v) is 2.31. The van der Waals surface area contributed by atoms with Crippen molar-refractivity contribution in [3.05, 3.63) is 59.9 Å². The Morgan fingerprint density at radius 1 is 1.04 bits per heavy atom. The van der Waals surface area contributed by atoms with Crippen molar-refractivity contribution in [1.82, 2.24) is 25.3 Å². The summed E-state index contributed by atoms with van der Waals surface area (Å²) in [5.74, 6) is 1.78. The van der Waals surface area contributed by atoms with Crippen LogP contribution in [-0.4, -0.2) is 45.6 Å². The summed E-state index contributed by atoms with van der Waals surface area (Å²) in [6, 6.07) is 13.1. The van der Waals surface area contributed by atoms with E-state index in [1.807, 2.05) is 62.5 Å².